The first kappa shape index (κ1) is 25.8. The van der Waals surface area contributed by atoms with E-state index in [1.807, 2.05) is 0 Å². The lowest BCUT2D eigenvalue weighted by Crippen LogP contribution is -2.29. The van der Waals surface area contributed by atoms with E-state index in [9.17, 15) is 56.2 Å². The summed E-state index contributed by atoms with van der Waals surface area (Å²) in [7, 11) is 0. The fraction of sp³-hybridized carbons (Fsp3) is 0.125. The van der Waals surface area contributed by atoms with E-state index in [2.05, 4.69) is 0 Å². The third kappa shape index (κ3) is 8.25. The maximum atomic E-state index is 11.8. The summed E-state index contributed by atoms with van der Waals surface area (Å²) < 4.78 is 71.1. The maximum absolute atomic E-state index is 11.8. The van der Waals surface area contributed by atoms with Gasteiger partial charge in [-0.25, -0.2) is 0 Å². The largest absolute Gasteiger partial charge is 0.471 e. The lowest BCUT2D eigenvalue weighted by atomic mass is 10.3. The van der Waals surface area contributed by atoms with E-state index < -0.39 is 45.4 Å². The number of halogens is 6. The van der Waals surface area contributed by atoms with Crippen LogP contribution in [-0.4, -0.2) is 34.0 Å². The molecule has 0 aliphatic rings. The minimum atomic E-state index is -5.02. The SMILES string of the molecule is O=C(Nc1cccc([N+](=O)[O-])c1)C(F)(F)F.O=C(Nc1cccc([N+](=O)[O-])c1)C(F)(F)F. The summed E-state index contributed by atoms with van der Waals surface area (Å²) in [5, 5.41) is 23.6. The van der Waals surface area contributed by atoms with Crippen LogP contribution in [-0.2, 0) is 9.59 Å². The Morgan fingerprint density at radius 1 is 0.688 bits per heavy atom. The molecule has 2 amide bonds. The van der Waals surface area contributed by atoms with Crippen LogP contribution in [0.2, 0.25) is 0 Å². The molecule has 0 bridgehead atoms. The lowest BCUT2D eigenvalue weighted by Gasteiger charge is -2.07. The molecular weight excluding hydrogens is 458 g/mol. The van der Waals surface area contributed by atoms with Crippen molar-refractivity contribution >= 4 is 34.6 Å². The summed E-state index contributed by atoms with van der Waals surface area (Å²) in [4.78, 5) is 40.1. The second kappa shape index (κ2) is 10.2. The number of rotatable bonds is 4. The summed E-state index contributed by atoms with van der Waals surface area (Å²) in [6.45, 7) is 0. The van der Waals surface area contributed by atoms with Crippen LogP contribution in [0.4, 0.5) is 49.1 Å². The molecule has 0 atom stereocenters. The van der Waals surface area contributed by atoms with E-state index in [4.69, 9.17) is 0 Å². The number of nitro groups is 2. The monoisotopic (exact) mass is 468 g/mol. The van der Waals surface area contributed by atoms with Gasteiger partial charge in [-0.2, -0.15) is 26.3 Å². The van der Waals surface area contributed by atoms with Crippen LogP contribution in [0, 0.1) is 20.2 Å². The highest BCUT2D eigenvalue weighted by atomic mass is 19.4. The Balaban J connectivity index is 0.000000320. The van der Waals surface area contributed by atoms with Gasteiger partial charge in [-0.15, -0.1) is 0 Å². The normalized spacial score (nSPS) is 10.9. The van der Waals surface area contributed by atoms with Crippen molar-refractivity contribution in [1.29, 1.82) is 0 Å². The van der Waals surface area contributed by atoms with E-state index in [1.54, 1.807) is 0 Å². The van der Waals surface area contributed by atoms with Crippen LogP contribution in [0.3, 0.4) is 0 Å². The summed E-state index contributed by atoms with van der Waals surface area (Å²) in [6.07, 6.45) is -10.0. The van der Waals surface area contributed by atoms with Gasteiger partial charge in [-0.05, 0) is 12.1 Å². The molecule has 0 aliphatic heterocycles. The van der Waals surface area contributed by atoms with Crippen molar-refractivity contribution in [2.24, 2.45) is 0 Å². The van der Waals surface area contributed by atoms with Gasteiger partial charge in [-0.1, -0.05) is 12.1 Å². The Kier molecular flexibility index (Phi) is 8.21. The van der Waals surface area contributed by atoms with Crippen LogP contribution in [0.5, 0.6) is 0 Å². The molecule has 0 heterocycles. The summed E-state index contributed by atoms with van der Waals surface area (Å²) >= 11 is 0. The summed E-state index contributed by atoms with van der Waals surface area (Å²) in [5.41, 5.74) is -1.37. The highest BCUT2D eigenvalue weighted by Crippen LogP contribution is 2.22. The van der Waals surface area contributed by atoms with Crippen molar-refractivity contribution in [2.45, 2.75) is 12.4 Å². The van der Waals surface area contributed by atoms with Crippen LogP contribution >= 0.6 is 0 Å². The Morgan fingerprint density at radius 2 is 1.00 bits per heavy atom. The van der Waals surface area contributed by atoms with Crippen molar-refractivity contribution in [3.8, 4) is 0 Å². The fourth-order valence-electron chi connectivity index (χ4n) is 1.80. The molecule has 16 heteroatoms. The van der Waals surface area contributed by atoms with Crippen molar-refractivity contribution in [3.05, 3.63) is 68.8 Å². The van der Waals surface area contributed by atoms with Gasteiger partial charge >= 0.3 is 24.2 Å². The van der Waals surface area contributed by atoms with Crippen molar-refractivity contribution in [3.63, 3.8) is 0 Å². The second-order valence-electron chi connectivity index (χ2n) is 5.52. The Labute approximate surface area is 173 Å². The molecule has 0 aromatic heterocycles. The molecule has 32 heavy (non-hydrogen) atoms. The Hall–Kier alpha value is -4.24. The van der Waals surface area contributed by atoms with Gasteiger partial charge in [0.25, 0.3) is 11.4 Å². The van der Waals surface area contributed by atoms with E-state index in [-0.39, 0.29) is 11.4 Å². The quantitative estimate of drug-likeness (QED) is 0.391. The number of benzene rings is 2. The number of alkyl halides is 6. The van der Waals surface area contributed by atoms with Gasteiger partial charge in [0, 0.05) is 35.6 Å². The molecular formula is C16H10F6N4O6. The van der Waals surface area contributed by atoms with Crippen molar-refractivity contribution < 1.29 is 45.8 Å². The predicted molar refractivity (Wildman–Crippen MR) is 95.6 cm³/mol. The number of hydrogen-bond acceptors (Lipinski definition) is 6. The van der Waals surface area contributed by atoms with E-state index >= 15 is 0 Å². The molecule has 172 valence electrons. The molecule has 10 nitrogen and oxygen atoms in total. The van der Waals surface area contributed by atoms with E-state index in [0.717, 1.165) is 36.4 Å². The van der Waals surface area contributed by atoms with Gasteiger partial charge in [0.15, 0.2) is 0 Å². The first-order chi connectivity index (χ1) is 14.6. The third-order valence-electron chi connectivity index (χ3n) is 3.14. The minimum Gasteiger partial charge on any atom is -0.318 e. The molecule has 0 radical (unpaired) electrons. The van der Waals surface area contributed by atoms with Gasteiger partial charge < -0.3 is 10.6 Å². The average Bonchev–Trinajstić information content (AvgIpc) is 2.67. The number of nitrogens with one attached hydrogen (secondary N) is 2. The lowest BCUT2D eigenvalue weighted by molar-refractivity contribution is -0.385. The molecule has 2 rings (SSSR count). The summed E-state index contributed by atoms with van der Waals surface area (Å²) in [5.74, 6) is -4.35. The zero-order chi connectivity index (χ0) is 24.7. The van der Waals surface area contributed by atoms with E-state index in [0.29, 0.717) is 0 Å². The summed E-state index contributed by atoms with van der Waals surface area (Å²) in [6, 6.07) is 8.46. The number of nitrogens with zero attached hydrogens (tertiary/aromatic N) is 2. The van der Waals surface area contributed by atoms with Crippen LogP contribution in [0.15, 0.2) is 48.5 Å². The molecule has 0 saturated carbocycles. The molecule has 0 fully saturated rings. The molecule has 0 saturated heterocycles. The van der Waals surface area contributed by atoms with Crippen molar-refractivity contribution in [1.82, 2.24) is 0 Å². The van der Waals surface area contributed by atoms with Gasteiger partial charge in [0.05, 0.1) is 9.85 Å². The number of carbonyl (C=O) groups excluding carboxylic acids is 2. The highest BCUT2D eigenvalue weighted by molar-refractivity contribution is 5.95. The molecule has 0 aliphatic carbocycles. The van der Waals surface area contributed by atoms with Gasteiger partial charge in [-0.3, -0.25) is 29.8 Å². The molecule has 2 aromatic rings. The zero-order valence-electron chi connectivity index (χ0n) is 15.2. The number of non-ortho nitro benzene ring substituents is 2. The van der Waals surface area contributed by atoms with Crippen LogP contribution < -0.4 is 10.6 Å². The number of anilines is 2. The van der Waals surface area contributed by atoms with Gasteiger partial charge in [0.1, 0.15) is 0 Å². The maximum Gasteiger partial charge on any atom is 0.471 e. The van der Waals surface area contributed by atoms with E-state index in [1.165, 1.54) is 22.8 Å². The topological polar surface area (TPSA) is 144 Å². The molecule has 2 aromatic carbocycles. The minimum absolute atomic E-state index is 0.281. The number of hydrogen-bond donors (Lipinski definition) is 2. The smallest absolute Gasteiger partial charge is 0.318 e. The number of amides is 2. The second-order valence-corrected chi connectivity index (χ2v) is 5.52. The predicted octanol–water partition coefficient (Wildman–Crippen LogP) is 4.19. The highest BCUT2D eigenvalue weighted by Gasteiger charge is 2.39. The van der Waals surface area contributed by atoms with Gasteiger partial charge in [0.2, 0.25) is 0 Å². The Bertz CT molecular complexity index is 943. The fourth-order valence-corrected chi connectivity index (χ4v) is 1.80. The number of carbonyl (C=O) groups is 2. The first-order valence-electron chi connectivity index (χ1n) is 7.86. The van der Waals surface area contributed by atoms with Crippen molar-refractivity contribution in [2.75, 3.05) is 10.6 Å². The first-order valence-corrected chi connectivity index (χ1v) is 7.86. The third-order valence-corrected chi connectivity index (χ3v) is 3.14. The number of nitro benzene ring substituents is 2. The average molecular weight is 468 g/mol. The van der Waals surface area contributed by atoms with Crippen LogP contribution in [0.1, 0.15) is 0 Å². The molecule has 0 unspecified atom stereocenters. The zero-order valence-corrected chi connectivity index (χ0v) is 15.2. The van der Waals surface area contributed by atoms with Crippen LogP contribution in [0.25, 0.3) is 0 Å². The standard InChI is InChI=1S/2C8H5F3N2O3/c2*9-8(10,11)7(14)12-5-2-1-3-6(4-5)13(15)16/h2*1-4H,(H,12,14). The molecule has 2 N–H and O–H groups in total. The Morgan fingerprint density at radius 3 is 1.25 bits per heavy atom. The molecule has 0 spiro atoms.